The average Bonchev–Trinajstić information content (AvgIpc) is 2.03. The second-order valence-electron chi connectivity index (χ2n) is 2.62. The van der Waals surface area contributed by atoms with Crippen LogP contribution in [0, 0.1) is 0 Å². The topological polar surface area (TPSA) is 9.23 Å². The summed E-state index contributed by atoms with van der Waals surface area (Å²) in [5.74, 6) is 0.799. The molecule has 0 atom stereocenters. The Bertz CT molecular complexity index is 270. The van der Waals surface area contributed by atoms with Gasteiger partial charge in [0, 0.05) is 0 Å². The van der Waals surface area contributed by atoms with Crippen LogP contribution in [-0.4, -0.2) is 13.8 Å². The van der Waals surface area contributed by atoms with Gasteiger partial charge in [-0.1, -0.05) is 12.1 Å². The predicted octanol–water partition coefficient (Wildman–Crippen LogP) is 2.45. The van der Waals surface area contributed by atoms with Crippen molar-refractivity contribution in [2.75, 3.05) is 7.11 Å². The van der Waals surface area contributed by atoms with Crippen LogP contribution in [0.3, 0.4) is 0 Å². The van der Waals surface area contributed by atoms with Crippen molar-refractivity contribution in [1.82, 2.24) is 0 Å². The lowest BCUT2D eigenvalue weighted by molar-refractivity contribution is 0.415. The van der Waals surface area contributed by atoms with E-state index in [9.17, 15) is 0 Å². The maximum atomic E-state index is 6.04. The molecule has 0 aliphatic carbocycles. The van der Waals surface area contributed by atoms with Crippen molar-refractivity contribution in [3.8, 4) is 5.75 Å². The summed E-state index contributed by atoms with van der Waals surface area (Å²) in [5.41, 5.74) is 0. The molecule has 0 radical (unpaired) electrons. The van der Waals surface area contributed by atoms with Gasteiger partial charge in [-0.05, 0) is 23.9 Å². The van der Waals surface area contributed by atoms with Crippen molar-refractivity contribution >= 4 is 34.0 Å². The average molecular weight is 221 g/mol. The molecule has 0 fully saturated rings. The summed E-state index contributed by atoms with van der Waals surface area (Å²) in [5, 5.41) is 0.977. The number of hydrogen-bond acceptors (Lipinski definition) is 1. The number of halogens is 2. The first-order chi connectivity index (χ1) is 5.54. The first-order valence-corrected chi connectivity index (χ1v) is 8.09. The van der Waals surface area contributed by atoms with Gasteiger partial charge < -0.3 is 4.74 Å². The summed E-state index contributed by atoms with van der Waals surface area (Å²) in [6.07, 6.45) is 0. The van der Waals surface area contributed by atoms with Crippen LogP contribution in [0.4, 0.5) is 0 Å². The van der Waals surface area contributed by atoms with Crippen LogP contribution in [0.5, 0.6) is 5.75 Å². The Labute approximate surface area is 82.7 Å². The molecule has 0 spiro atoms. The van der Waals surface area contributed by atoms with Crippen LogP contribution in [0.15, 0.2) is 24.3 Å². The summed E-state index contributed by atoms with van der Waals surface area (Å²) in [6, 6.07) is 7.57. The molecule has 12 heavy (non-hydrogen) atoms. The number of hydrogen-bond donors (Lipinski definition) is 0. The molecule has 1 aromatic rings. The van der Waals surface area contributed by atoms with Crippen molar-refractivity contribution in [2.24, 2.45) is 0 Å². The van der Waals surface area contributed by atoms with E-state index < -0.39 is 6.69 Å². The Kier molecular flexibility index (Phi) is 3.04. The first kappa shape index (κ1) is 9.90. The lowest BCUT2D eigenvalue weighted by Crippen LogP contribution is -2.32. The third-order valence-electron chi connectivity index (χ3n) is 1.58. The van der Waals surface area contributed by atoms with Gasteiger partial charge in [-0.2, -0.15) is 0 Å². The molecule has 1 rings (SSSR count). The zero-order chi connectivity index (χ0) is 9.19. The third kappa shape index (κ3) is 2.40. The quantitative estimate of drug-likeness (QED) is 0.550. The van der Waals surface area contributed by atoms with Crippen molar-refractivity contribution in [3.05, 3.63) is 24.3 Å². The van der Waals surface area contributed by atoms with Gasteiger partial charge in [-0.15, -0.1) is 22.2 Å². The van der Waals surface area contributed by atoms with Gasteiger partial charge in [0.05, 0.1) is 7.11 Å². The summed E-state index contributed by atoms with van der Waals surface area (Å²) in [4.78, 5) is 0. The molecule has 1 aromatic carbocycles. The van der Waals surface area contributed by atoms with Crippen LogP contribution < -0.4 is 9.92 Å². The van der Waals surface area contributed by atoms with Gasteiger partial charge in [-0.3, -0.25) is 0 Å². The van der Waals surface area contributed by atoms with Gasteiger partial charge in [0.1, 0.15) is 5.75 Å². The molecule has 0 saturated carbocycles. The van der Waals surface area contributed by atoms with E-state index in [1.54, 1.807) is 7.11 Å². The van der Waals surface area contributed by atoms with Gasteiger partial charge in [0.25, 0.3) is 6.69 Å². The van der Waals surface area contributed by atoms with Crippen molar-refractivity contribution < 1.29 is 4.74 Å². The SMILES string of the molecule is COc1cccc([Si](C)(Cl)Cl)c1. The number of ether oxygens (including phenoxy) is 1. The Balaban J connectivity index is 3.02. The Hall–Kier alpha value is -0.183. The van der Waals surface area contributed by atoms with Crippen LogP contribution >= 0.6 is 22.2 Å². The largest absolute Gasteiger partial charge is 0.497 e. The lowest BCUT2D eigenvalue weighted by Gasteiger charge is -2.11. The van der Waals surface area contributed by atoms with Crippen molar-refractivity contribution in [2.45, 2.75) is 6.55 Å². The second-order valence-corrected chi connectivity index (χ2v) is 10.1. The molecule has 1 nitrogen and oxygen atoms in total. The molecule has 0 amide bonds. The molecular formula is C8H10Cl2OSi. The molecule has 4 heteroatoms. The normalized spacial score (nSPS) is 11.3. The maximum Gasteiger partial charge on any atom is 0.278 e. The second kappa shape index (κ2) is 3.69. The third-order valence-corrected chi connectivity index (χ3v) is 4.21. The highest BCUT2D eigenvalue weighted by atomic mass is 35.7. The van der Waals surface area contributed by atoms with Crippen molar-refractivity contribution in [1.29, 1.82) is 0 Å². The molecule has 0 N–H and O–H groups in total. The smallest absolute Gasteiger partial charge is 0.278 e. The van der Waals surface area contributed by atoms with Crippen molar-refractivity contribution in [3.63, 3.8) is 0 Å². The molecule has 0 aromatic heterocycles. The minimum atomic E-state index is -2.22. The summed E-state index contributed by atoms with van der Waals surface area (Å²) in [7, 11) is 1.63. The molecule has 66 valence electrons. The van der Waals surface area contributed by atoms with Crippen LogP contribution in [0.2, 0.25) is 6.55 Å². The highest BCUT2D eigenvalue weighted by Crippen LogP contribution is 2.16. The van der Waals surface area contributed by atoms with E-state index >= 15 is 0 Å². The zero-order valence-corrected chi connectivity index (χ0v) is 9.49. The number of benzene rings is 1. The van der Waals surface area contributed by atoms with E-state index in [1.165, 1.54) is 0 Å². The number of methoxy groups -OCH3 is 1. The first-order valence-electron chi connectivity index (χ1n) is 3.56. The molecule has 0 aliphatic rings. The van der Waals surface area contributed by atoms with E-state index in [2.05, 4.69) is 0 Å². The molecule has 0 unspecified atom stereocenters. The van der Waals surface area contributed by atoms with E-state index in [-0.39, 0.29) is 0 Å². The highest BCUT2D eigenvalue weighted by molar-refractivity contribution is 7.50. The fourth-order valence-corrected chi connectivity index (χ4v) is 2.39. The molecule has 0 bridgehead atoms. The van der Waals surface area contributed by atoms with Crippen LogP contribution in [-0.2, 0) is 0 Å². The molecule has 0 saturated heterocycles. The fraction of sp³-hybridized carbons (Fsp3) is 0.250. The summed E-state index contributed by atoms with van der Waals surface area (Å²) in [6.45, 7) is -0.351. The molecule has 0 aliphatic heterocycles. The molecule has 0 heterocycles. The van der Waals surface area contributed by atoms with Gasteiger partial charge in [0.15, 0.2) is 0 Å². The standard InChI is InChI=1S/C8H10Cl2OSi/c1-11-7-4-3-5-8(6-7)12(2,9)10/h3-6H,1-2H3. The Morgan fingerprint density at radius 2 is 2.00 bits per heavy atom. The monoisotopic (exact) mass is 220 g/mol. The minimum absolute atomic E-state index is 0.799. The Morgan fingerprint density at radius 3 is 2.50 bits per heavy atom. The summed E-state index contributed by atoms with van der Waals surface area (Å²) < 4.78 is 5.05. The Morgan fingerprint density at radius 1 is 1.33 bits per heavy atom. The van der Waals surface area contributed by atoms with Crippen LogP contribution in [0.25, 0.3) is 0 Å². The number of rotatable bonds is 2. The van der Waals surface area contributed by atoms with Gasteiger partial charge >= 0.3 is 0 Å². The van der Waals surface area contributed by atoms with E-state index in [0.29, 0.717) is 0 Å². The predicted molar refractivity (Wildman–Crippen MR) is 56.0 cm³/mol. The van der Waals surface area contributed by atoms with E-state index in [1.807, 2.05) is 30.8 Å². The zero-order valence-electron chi connectivity index (χ0n) is 6.97. The summed E-state index contributed by atoms with van der Waals surface area (Å²) >= 11 is 12.1. The highest BCUT2D eigenvalue weighted by Gasteiger charge is 2.23. The van der Waals surface area contributed by atoms with E-state index in [4.69, 9.17) is 26.9 Å². The minimum Gasteiger partial charge on any atom is -0.497 e. The lowest BCUT2D eigenvalue weighted by atomic mass is 10.3. The van der Waals surface area contributed by atoms with Gasteiger partial charge in [0.2, 0.25) is 0 Å². The van der Waals surface area contributed by atoms with Gasteiger partial charge in [-0.25, -0.2) is 0 Å². The van der Waals surface area contributed by atoms with E-state index in [0.717, 1.165) is 10.9 Å². The maximum absolute atomic E-state index is 6.04. The molecular weight excluding hydrogens is 211 g/mol. The van der Waals surface area contributed by atoms with Crippen LogP contribution in [0.1, 0.15) is 0 Å². The fourth-order valence-electron chi connectivity index (χ4n) is 0.896.